The van der Waals surface area contributed by atoms with Gasteiger partial charge < -0.3 is 14.6 Å². The third-order valence-electron chi connectivity index (χ3n) is 4.96. The van der Waals surface area contributed by atoms with E-state index in [2.05, 4.69) is 26.5 Å². The Morgan fingerprint density at radius 3 is 2.93 bits per heavy atom. The van der Waals surface area contributed by atoms with Crippen LogP contribution in [0.25, 0.3) is 22.8 Å². The van der Waals surface area contributed by atoms with Crippen LogP contribution >= 0.6 is 11.6 Å². The van der Waals surface area contributed by atoms with Gasteiger partial charge in [-0.2, -0.15) is 0 Å². The van der Waals surface area contributed by atoms with E-state index >= 15 is 0 Å². The van der Waals surface area contributed by atoms with E-state index in [1.165, 1.54) is 6.08 Å². The number of aromatic nitrogens is 4. The van der Waals surface area contributed by atoms with E-state index in [0.29, 0.717) is 35.5 Å². The minimum atomic E-state index is -0.307. The van der Waals surface area contributed by atoms with Crippen LogP contribution in [0.15, 0.2) is 55.5 Å². The molecular formula is C21H20ClN5O2. The van der Waals surface area contributed by atoms with E-state index in [0.717, 1.165) is 11.1 Å². The monoisotopic (exact) mass is 409 g/mol. The predicted octanol–water partition coefficient (Wildman–Crippen LogP) is 3.66. The summed E-state index contributed by atoms with van der Waals surface area (Å²) in [5, 5.41) is 0.358. The first-order valence-electron chi connectivity index (χ1n) is 9.25. The summed E-state index contributed by atoms with van der Waals surface area (Å²) in [4.78, 5) is 30.0. The van der Waals surface area contributed by atoms with Crippen LogP contribution in [0.5, 0.6) is 0 Å². The lowest BCUT2D eigenvalue weighted by atomic mass is 9.99. The largest absolute Gasteiger partial charge is 0.370 e. The van der Waals surface area contributed by atoms with Crippen LogP contribution in [0.4, 0.5) is 0 Å². The molecule has 148 valence electrons. The van der Waals surface area contributed by atoms with Crippen molar-refractivity contribution in [1.82, 2.24) is 24.8 Å². The normalized spacial score (nSPS) is 19.2. The SMILES string of the molecule is C=CC(=O)N1CCO[C@H](c2cc(Cl)nc(-c3ccnc(-c4ncc[nH]4)c3)c2)[C@H]1C. The highest BCUT2D eigenvalue weighted by Gasteiger charge is 2.32. The van der Waals surface area contributed by atoms with Crippen molar-refractivity contribution in [3.63, 3.8) is 0 Å². The van der Waals surface area contributed by atoms with Gasteiger partial charge in [-0.15, -0.1) is 0 Å². The summed E-state index contributed by atoms with van der Waals surface area (Å²) in [6, 6.07) is 7.34. The third-order valence-corrected chi connectivity index (χ3v) is 5.15. The molecule has 1 aliphatic rings. The molecule has 0 bridgehead atoms. The van der Waals surface area contributed by atoms with Crippen molar-refractivity contribution in [1.29, 1.82) is 0 Å². The number of morpholine rings is 1. The molecule has 7 nitrogen and oxygen atoms in total. The van der Waals surface area contributed by atoms with Gasteiger partial charge in [-0.25, -0.2) is 9.97 Å². The van der Waals surface area contributed by atoms with Gasteiger partial charge in [-0.05, 0) is 42.8 Å². The van der Waals surface area contributed by atoms with E-state index in [1.54, 1.807) is 29.6 Å². The van der Waals surface area contributed by atoms with Gasteiger partial charge in [0.15, 0.2) is 5.82 Å². The Kier molecular flexibility index (Phi) is 5.42. The van der Waals surface area contributed by atoms with Gasteiger partial charge in [-0.3, -0.25) is 9.78 Å². The van der Waals surface area contributed by atoms with Crippen molar-refractivity contribution >= 4 is 17.5 Å². The lowest BCUT2D eigenvalue weighted by molar-refractivity contribution is -0.140. The Bertz CT molecular complexity index is 1040. The molecule has 0 saturated carbocycles. The number of hydrogen-bond donors (Lipinski definition) is 1. The first-order valence-corrected chi connectivity index (χ1v) is 9.63. The first kappa shape index (κ1) is 19.3. The maximum absolute atomic E-state index is 12.2. The van der Waals surface area contributed by atoms with Crippen molar-refractivity contribution in [2.24, 2.45) is 0 Å². The Morgan fingerprint density at radius 2 is 2.17 bits per heavy atom. The van der Waals surface area contributed by atoms with Gasteiger partial charge in [0.25, 0.3) is 0 Å². The number of halogens is 1. The fourth-order valence-electron chi connectivity index (χ4n) is 3.54. The summed E-state index contributed by atoms with van der Waals surface area (Å²) in [6.07, 6.45) is 6.16. The summed E-state index contributed by atoms with van der Waals surface area (Å²) >= 11 is 6.33. The molecule has 0 aromatic carbocycles. The fraction of sp³-hybridized carbons (Fsp3) is 0.238. The average Bonchev–Trinajstić information content (AvgIpc) is 3.28. The molecule has 1 amide bonds. The molecule has 0 radical (unpaired) electrons. The smallest absolute Gasteiger partial charge is 0.246 e. The fourth-order valence-corrected chi connectivity index (χ4v) is 3.76. The van der Waals surface area contributed by atoms with Crippen molar-refractivity contribution in [2.45, 2.75) is 19.1 Å². The van der Waals surface area contributed by atoms with Gasteiger partial charge in [-0.1, -0.05) is 18.2 Å². The molecule has 1 saturated heterocycles. The van der Waals surface area contributed by atoms with Gasteiger partial charge in [0, 0.05) is 30.7 Å². The maximum atomic E-state index is 12.2. The number of aromatic amines is 1. The Hall–Kier alpha value is -3.03. The zero-order chi connectivity index (χ0) is 20.4. The molecule has 3 aromatic heterocycles. The van der Waals surface area contributed by atoms with Crippen LogP contribution in [-0.4, -0.2) is 49.9 Å². The molecule has 4 rings (SSSR count). The number of pyridine rings is 2. The second kappa shape index (κ2) is 8.14. The molecular weight excluding hydrogens is 390 g/mol. The summed E-state index contributed by atoms with van der Waals surface area (Å²) in [7, 11) is 0. The molecule has 0 unspecified atom stereocenters. The molecule has 4 heterocycles. The van der Waals surface area contributed by atoms with Gasteiger partial charge in [0.05, 0.1) is 18.3 Å². The summed E-state index contributed by atoms with van der Waals surface area (Å²) in [5.74, 6) is 0.570. The molecule has 29 heavy (non-hydrogen) atoms. The number of rotatable bonds is 4. The zero-order valence-corrected chi connectivity index (χ0v) is 16.6. The minimum absolute atomic E-state index is 0.108. The summed E-state index contributed by atoms with van der Waals surface area (Å²) < 4.78 is 5.99. The number of H-pyrrole nitrogens is 1. The van der Waals surface area contributed by atoms with Gasteiger partial charge >= 0.3 is 0 Å². The van der Waals surface area contributed by atoms with Crippen molar-refractivity contribution < 1.29 is 9.53 Å². The molecule has 2 atom stereocenters. The van der Waals surface area contributed by atoms with Crippen molar-refractivity contribution in [2.75, 3.05) is 13.2 Å². The highest BCUT2D eigenvalue weighted by atomic mass is 35.5. The number of nitrogens with one attached hydrogen (secondary N) is 1. The standard InChI is InChI=1S/C21H20ClN5O2/c1-3-19(28)27-8-9-29-20(13(27)2)15-11-16(26-18(22)12-15)14-4-5-23-17(10-14)21-24-6-7-25-21/h3-7,10-13,20H,1,8-9H2,2H3,(H,24,25)/t13-,20+/m1/s1. The quantitative estimate of drug-likeness (QED) is 0.525. The number of imidazole rings is 1. The number of carbonyl (C=O) groups is 1. The maximum Gasteiger partial charge on any atom is 0.246 e. The summed E-state index contributed by atoms with van der Waals surface area (Å²) in [5.41, 5.74) is 3.13. The van der Waals surface area contributed by atoms with E-state index in [-0.39, 0.29) is 18.1 Å². The molecule has 0 aliphatic carbocycles. The second-order valence-electron chi connectivity index (χ2n) is 6.74. The number of hydrogen-bond acceptors (Lipinski definition) is 5. The summed E-state index contributed by atoms with van der Waals surface area (Å²) in [6.45, 7) is 6.53. The number of amides is 1. The van der Waals surface area contributed by atoms with Crippen molar-refractivity contribution in [3.8, 4) is 22.8 Å². The number of nitrogens with zero attached hydrogens (tertiary/aromatic N) is 4. The Morgan fingerprint density at radius 1 is 1.31 bits per heavy atom. The second-order valence-corrected chi connectivity index (χ2v) is 7.13. The van der Waals surface area contributed by atoms with Crippen LogP contribution in [0.1, 0.15) is 18.6 Å². The lowest BCUT2D eigenvalue weighted by Crippen LogP contribution is -2.48. The molecule has 1 fully saturated rings. The Labute approximate surface area is 173 Å². The topological polar surface area (TPSA) is 84.0 Å². The van der Waals surface area contributed by atoms with Crippen LogP contribution in [-0.2, 0) is 9.53 Å². The number of ether oxygens (including phenoxy) is 1. The average molecular weight is 410 g/mol. The van der Waals surface area contributed by atoms with Crippen LogP contribution in [0.3, 0.4) is 0 Å². The first-order chi connectivity index (χ1) is 14.1. The molecule has 1 aliphatic heterocycles. The Balaban J connectivity index is 1.69. The van der Waals surface area contributed by atoms with E-state index in [1.807, 2.05) is 25.1 Å². The molecule has 3 aromatic rings. The van der Waals surface area contributed by atoms with E-state index in [4.69, 9.17) is 16.3 Å². The molecule has 8 heteroatoms. The van der Waals surface area contributed by atoms with Crippen LogP contribution < -0.4 is 0 Å². The van der Waals surface area contributed by atoms with E-state index < -0.39 is 0 Å². The zero-order valence-electron chi connectivity index (χ0n) is 15.9. The van der Waals surface area contributed by atoms with Crippen LogP contribution in [0.2, 0.25) is 5.15 Å². The molecule has 0 spiro atoms. The third kappa shape index (κ3) is 3.92. The predicted molar refractivity (Wildman–Crippen MR) is 110 cm³/mol. The van der Waals surface area contributed by atoms with E-state index in [9.17, 15) is 4.79 Å². The van der Waals surface area contributed by atoms with Gasteiger partial charge in [0.1, 0.15) is 17.0 Å². The van der Waals surface area contributed by atoms with Crippen molar-refractivity contribution in [3.05, 3.63) is 66.2 Å². The van der Waals surface area contributed by atoms with Gasteiger partial charge in [0.2, 0.25) is 5.91 Å². The highest BCUT2D eigenvalue weighted by Crippen LogP contribution is 2.32. The molecule has 1 N–H and O–H groups in total. The lowest BCUT2D eigenvalue weighted by Gasteiger charge is -2.39. The highest BCUT2D eigenvalue weighted by molar-refractivity contribution is 6.29. The van der Waals surface area contributed by atoms with Crippen LogP contribution in [0, 0.1) is 0 Å². The minimum Gasteiger partial charge on any atom is -0.370 e. The number of carbonyl (C=O) groups excluding carboxylic acids is 1.